The molecule has 0 unspecified atom stereocenters. The van der Waals surface area contributed by atoms with Crippen molar-refractivity contribution >= 4 is 0 Å². The minimum atomic E-state index is -0.652. The molecule has 0 radical (unpaired) electrons. The van der Waals surface area contributed by atoms with Crippen molar-refractivity contribution in [3.05, 3.63) is 34.9 Å². The molecule has 1 aromatic rings. The molecule has 2 heteroatoms. The van der Waals surface area contributed by atoms with Crippen molar-refractivity contribution in [2.75, 3.05) is 0 Å². The van der Waals surface area contributed by atoms with Gasteiger partial charge in [-0.15, -0.1) is 0 Å². The van der Waals surface area contributed by atoms with Gasteiger partial charge in [-0.1, -0.05) is 37.8 Å². The zero-order chi connectivity index (χ0) is 14.1. The third-order valence-corrected chi connectivity index (χ3v) is 5.58. The fraction of sp³-hybridized carbons (Fsp3) is 0.667. The summed E-state index contributed by atoms with van der Waals surface area (Å²) in [5.74, 6) is 0.722. The van der Waals surface area contributed by atoms with Crippen LogP contribution in [-0.2, 0) is 0 Å². The summed E-state index contributed by atoms with van der Waals surface area (Å²) < 4.78 is 27.8. The number of hydrogen-bond acceptors (Lipinski definition) is 0. The monoisotopic (exact) mass is 280 g/mol. The Hall–Kier alpha value is -0.920. The number of aryl methyl sites for hydroxylation is 1. The van der Waals surface area contributed by atoms with Crippen molar-refractivity contribution in [3.8, 4) is 0 Å². The SMILES string of the molecule is Cc1ccc(C2CCC(C3CCCC3)CC2)c(F)c1F.[HH]. The van der Waals surface area contributed by atoms with E-state index < -0.39 is 11.6 Å². The van der Waals surface area contributed by atoms with Crippen LogP contribution in [0.2, 0.25) is 0 Å². The lowest BCUT2D eigenvalue weighted by Crippen LogP contribution is -2.20. The molecule has 0 aromatic heterocycles. The van der Waals surface area contributed by atoms with Gasteiger partial charge in [0.15, 0.2) is 11.6 Å². The molecule has 2 fully saturated rings. The van der Waals surface area contributed by atoms with Gasteiger partial charge in [0.05, 0.1) is 0 Å². The maximum atomic E-state index is 14.1. The normalized spacial score (nSPS) is 27.9. The second-order valence-corrected chi connectivity index (χ2v) is 6.76. The van der Waals surface area contributed by atoms with E-state index in [4.69, 9.17) is 0 Å². The lowest BCUT2D eigenvalue weighted by Gasteiger charge is -2.32. The van der Waals surface area contributed by atoms with Crippen LogP contribution in [0.25, 0.3) is 0 Å². The highest BCUT2D eigenvalue weighted by Gasteiger charge is 2.31. The summed E-state index contributed by atoms with van der Waals surface area (Å²) in [7, 11) is 0. The molecule has 2 aliphatic rings. The van der Waals surface area contributed by atoms with Crippen molar-refractivity contribution in [2.24, 2.45) is 11.8 Å². The van der Waals surface area contributed by atoms with Gasteiger partial charge in [0.2, 0.25) is 0 Å². The first kappa shape index (κ1) is 14.0. The van der Waals surface area contributed by atoms with Crippen LogP contribution in [0, 0.1) is 30.4 Å². The van der Waals surface area contributed by atoms with E-state index in [9.17, 15) is 8.78 Å². The summed E-state index contributed by atoms with van der Waals surface area (Å²) in [4.78, 5) is 0. The van der Waals surface area contributed by atoms with Crippen molar-refractivity contribution in [3.63, 3.8) is 0 Å². The maximum absolute atomic E-state index is 14.1. The topological polar surface area (TPSA) is 0 Å². The average Bonchev–Trinajstić information content (AvgIpc) is 3.00. The molecular weight excluding hydrogens is 254 g/mol. The van der Waals surface area contributed by atoms with E-state index in [2.05, 4.69) is 0 Å². The number of rotatable bonds is 2. The summed E-state index contributed by atoms with van der Waals surface area (Å²) in [6.45, 7) is 1.62. The lowest BCUT2D eigenvalue weighted by atomic mass is 9.73. The van der Waals surface area contributed by atoms with Gasteiger partial charge in [-0.25, -0.2) is 8.78 Å². The molecule has 2 aliphatic carbocycles. The van der Waals surface area contributed by atoms with Crippen LogP contribution < -0.4 is 0 Å². The smallest absolute Gasteiger partial charge is 0.162 e. The standard InChI is InChI=1S/C18H24F2.H2/c1-12-6-11-16(18(20)17(12)19)15-9-7-14(8-10-15)13-4-2-3-5-13;/h6,11,13-15H,2-5,7-10H2,1H3;1H. The first-order chi connectivity index (χ1) is 9.66. The second-order valence-electron chi connectivity index (χ2n) is 6.76. The van der Waals surface area contributed by atoms with E-state index in [0.717, 1.165) is 24.7 Å². The van der Waals surface area contributed by atoms with Gasteiger partial charge >= 0.3 is 0 Å². The summed E-state index contributed by atoms with van der Waals surface area (Å²) in [5.41, 5.74) is 1.02. The predicted molar refractivity (Wildman–Crippen MR) is 79.9 cm³/mol. The molecule has 0 atom stereocenters. The molecular formula is C18H26F2. The molecule has 3 rings (SSSR count). The zero-order valence-corrected chi connectivity index (χ0v) is 12.3. The Morgan fingerprint density at radius 1 is 0.850 bits per heavy atom. The van der Waals surface area contributed by atoms with E-state index in [1.807, 2.05) is 0 Å². The molecule has 0 nitrogen and oxygen atoms in total. The number of halogens is 2. The van der Waals surface area contributed by atoms with Crippen molar-refractivity contribution < 1.29 is 10.2 Å². The van der Waals surface area contributed by atoms with Crippen LogP contribution in [0.3, 0.4) is 0 Å². The molecule has 1 aromatic carbocycles. The second kappa shape index (κ2) is 5.83. The van der Waals surface area contributed by atoms with Crippen molar-refractivity contribution in [1.82, 2.24) is 0 Å². The van der Waals surface area contributed by atoms with Gasteiger partial charge in [-0.05, 0) is 61.5 Å². The van der Waals surface area contributed by atoms with E-state index >= 15 is 0 Å². The van der Waals surface area contributed by atoms with Gasteiger partial charge in [0.1, 0.15) is 0 Å². The first-order valence-electron chi connectivity index (χ1n) is 8.11. The van der Waals surface area contributed by atoms with E-state index in [-0.39, 0.29) is 7.34 Å². The highest BCUT2D eigenvalue weighted by molar-refractivity contribution is 5.28. The Bertz CT molecular complexity index is 472. The fourth-order valence-corrected chi connectivity index (χ4v) is 4.31. The predicted octanol–water partition coefficient (Wildman–Crippen LogP) is 5.98. The van der Waals surface area contributed by atoms with Gasteiger partial charge in [-0.2, -0.15) is 0 Å². The van der Waals surface area contributed by atoms with Crippen LogP contribution in [-0.4, -0.2) is 0 Å². The third-order valence-electron chi connectivity index (χ3n) is 5.58. The molecule has 0 aliphatic heterocycles. The molecule has 2 saturated carbocycles. The summed E-state index contributed by atoms with van der Waals surface area (Å²) in [6.07, 6.45) is 10.0. The van der Waals surface area contributed by atoms with Crippen molar-refractivity contribution in [2.45, 2.75) is 64.2 Å². The van der Waals surface area contributed by atoms with Crippen LogP contribution in [0.15, 0.2) is 12.1 Å². The summed E-state index contributed by atoms with van der Waals surface area (Å²) >= 11 is 0. The molecule has 0 heterocycles. The summed E-state index contributed by atoms with van der Waals surface area (Å²) in [5, 5.41) is 0. The van der Waals surface area contributed by atoms with E-state index in [0.29, 0.717) is 11.1 Å². The lowest BCUT2D eigenvalue weighted by molar-refractivity contribution is 0.233. The number of benzene rings is 1. The molecule has 0 saturated heterocycles. The molecule has 0 spiro atoms. The Labute approximate surface area is 122 Å². The van der Waals surface area contributed by atoms with Crippen LogP contribution >= 0.6 is 0 Å². The Kier molecular flexibility index (Phi) is 4.09. The Morgan fingerprint density at radius 3 is 2.10 bits per heavy atom. The fourth-order valence-electron chi connectivity index (χ4n) is 4.31. The zero-order valence-electron chi connectivity index (χ0n) is 12.3. The minimum Gasteiger partial charge on any atom is -0.203 e. The first-order valence-corrected chi connectivity index (χ1v) is 8.11. The van der Waals surface area contributed by atoms with E-state index in [1.165, 1.54) is 38.5 Å². The highest BCUT2D eigenvalue weighted by atomic mass is 19.2. The Balaban J connectivity index is 0.00000161. The molecule has 0 bridgehead atoms. The largest absolute Gasteiger partial charge is 0.203 e. The van der Waals surface area contributed by atoms with Gasteiger partial charge in [0.25, 0.3) is 0 Å². The van der Waals surface area contributed by atoms with Crippen LogP contribution in [0.4, 0.5) is 8.78 Å². The van der Waals surface area contributed by atoms with Crippen LogP contribution in [0.1, 0.15) is 69.8 Å². The van der Waals surface area contributed by atoms with Crippen molar-refractivity contribution in [1.29, 1.82) is 0 Å². The molecule has 20 heavy (non-hydrogen) atoms. The maximum Gasteiger partial charge on any atom is 0.162 e. The van der Waals surface area contributed by atoms with Gasteiger partial charge < -0.3 is 0 Å². The average molecular weight is 280 g/mol. The molecule has 112 valence electrons. The molecule has 0 N–H and O–H groups in total. The molecule has 0 amide bonds. The third kappa shape index (κ3) is 2.62. The number of hydrogen-bond donors (Lipinski definition) is 0. The van der Waals surface area contributed by atoms with Crippen LogP contribution in [0.5, 0.6) is 0 Å². The van der Waals surface area contributed by atoms with Gasteiger partial charge in [0, 0.05) is 1.43 Å². The summed E-state index contributed by atoms with van der Waals surface area (Å²) in [6, 6.07) is 3.52. The van der Waals surface area contributed by atoms with E-state index in [1.54, 1.807) is 19.1 Å². The minimum absolute atomic E-state index is 0. The Morgan fingerprint density at radius 2 is 1.45 bits per heavy atom. The highest BCUT2D eigenvalue weighted by Crippen LogP contribution is 2.44. The quantitative estimate of drug-likeness (QED) is 0.624. The van der Waals surface area contributed by atoms with Gasteiger partial charge in [-0.3, -0.25) is 0 Å².